The summed E-state index contributed by atoms with van der Waals surface area (Å²) in [6.45, 7) is 0.974. The third-order valence-electron chi connectivity index (χ3n) is 5.92. The maximum Gasteiger partial charge on any atom is 0.417 e. The number of ether oxygens (including phenoxy) is 1. The van der Waals surface area contributed by atoms with E-state index >= 15 is 0 Å². The van der Waals surface area contributed by atoms with E-state index in [-0.39, 0.29) is 47.4 Å². The van der Waals surface area contributed by atoms with Crippen LogP contribution in [-0.2, 0) is 4.79 Å². The highest BCUT2D eigenvalue weighted by molar-refractivity contribution is 6.45. The number of hydrogen-bond acceptors (Lipinski definition) is 7. The number of aromatic nitrogens is 3. The van der Waals surface area contributed by atoms with E-state index in [1.807, 2.05) is 6.07 Å². The van der Waals surface area contributed by atoms with Crippen LogP contribution in [0.25, 0.3) is 22.3 Å². The number of fused-ring (bicyclic) bond motifs is 1. The molecule has 0 atom stereocenters. The molecule has 2 amide bonds. The highest BCUT2D eigenvalue weighted by atomic mass is 19.1. The van der Waals surface area contributed by atoms with Gasteiger partial charge in [-0.3, -0.25) is 18.9 Å². The van der Waals surface area contributed by atoms with Crippen molar-refractivity contribution in [2.24, 2.45) is 0 Å². The average Bonchev–Trinajstić information content (AvgIpc) is 3.57. The molecule has 1 aliphatic rings. The Labute approximate surface area is 198 Å². The molecule has 1 saturated heterocycles. The smallest absolute Gasteiger partial charge is 0.417 e. The van der Waals surface area contributed by atoms with Crippen LogP contribution in [0.15, 0.2) is 53.2 Å². The predicted octanol–water partition coefficient (Wildman–Crippen LogP) is 2.53. The SMILES string of the molecule is COc1nc(-c2ccc(F)c3c(C(=O)C(=O)N4CCN(C(=O)c5ccccc5)CC4)c[nH]c23)no1. The first-order chi connectivity index (χ1) is 17.0. The Hall–Kier alpha value is -4.54. The van der Waals surface area contributed by atoms with E-state index in [0.29, 0.717) is 24.2 Å². The number of hydrogen-bond donors (Lipinski definition) is 1. The molecule has 1 fully saturated rings. The molecular weight excluding hydrogens is 457 g/mol. The van der Waals surface area contributed by atoms with Gasteiger partial charge in [-0.1, -0.05) is 23.4 Å². The number of aromatic amines is 1. The monoisotopic (exact) mass is 477 g/mol. The van der Waals surface area contributed by atoms with E-state index in [4.69, 9.17) is 9.26 Å². The van der Waals surface area contributed by atoms with Crippen LogP contribution in [0.1, 0.15) is 20.7 Å². The molecule has 35 heavy (non-hydrogen) atoms. The molecule has 3 heterocycles. The largest absolute Gasteiger partial charge is 0.452 e. The van der Waals surface area contributed by atoms with Crippen molar-refractivity contribution in [1.29, 1.82) is 0 Å². The van der Waals surface area contributed by atoms with Gasteiger partial charge in [0.05, 0.1) is 18.2 Å². The van der Waals surface area contributed by atoms with Crippen molar-refractivity contribution < 1.29 is 28.0 Å². The number of halogens is 1. The van der Waals surface area contributed by atoms with Crippen LogP contribution in [0, 0.1) is 5.82 Å². The van der Waals surface area contributed by atoms with Gasteiger partial charge < -0.3 is 19.5 Å². The van der Waals surface area contributed by atoms with E-state index < -0.39 is 17.5 Å². The van der Waals surface area contributed by atoms with Crippen molar-refractivity contribution in [3.05, 3.63) is 65.6 Å². The summed E-state index contributed by atoms with van der Waals surface area (Å²) < 4.78 is 24.6. The molecule has 1 N–H and O–H groups in total. The minimum Gasteiger partial charge on any atom is -0.452 e. The number of piperazine rings is 1. The summed E-state index contributed by atoms with van der Waals surface area (Å²) in [7, 11) is 1.37. The fraction of sp³-hybridized carbons (Fsp3) is 0.208. The number of ketones is 1. The van der Waals surface area contributed by atoms with E-state index in [1.165, 1.54) is 30.3 Å². The summed E-state index contributed by atoms with van der Waals surface area (Å²) in [6, 6.07) is 11.5. The fourth-order valence-electron chi connectivity index (χ4n) is 4.11. The maximum atomic E-state index is 14.8. The first-order valence-corrected chi connectivity index (χ1v) is 10.8. The Bertz CT molecular complexity index is 1420. The molecule has 11 heteroatoms. The number of Topliss-reactive ketones (excluding diaryl/α,β-unsaturated/α-hetero) is 1. The molecule has 0 aliphatic carbocycles. The number of nitrogens with zero attached hydrogens (tertiary/aromatic N) is 4. The topological polar surface area (TPSA) is 122 Å². The highest BCUT2D eigenvalue weighted by Gasteiger charge is 2.31. The van der Waals surface area contributed by atoms with Gasteiger partial charge in [0.15, 0.2) is 0 Å². The number of carbonyl (C=O) groups excluding carboxylic acids is 3. The summed E-state index contributed by atoms with van der Waals surface area (Å²) in [5.74, 6) is -2.27. The predicted molar refractivity (Wildman–Crippen MR) is 121 cm³/mol. The normalized spacial score (nSPS) is 13.8. The van der Waals surface area contributed by atoms with Gasteiger partial charge in [0.1, 0.15) is 5.82 Å². The molecule has 178 valence electrons. The quantitative estimate of drug-likeness (QED) is 0.346. The lowest BCUT2D eigenvalue weighted by molar-refractivity contribution is -0.127. The van der Waals surface area contributed by atoms with Crippen molar-refractivity contribution >= 4 is 28.5 Å². The zero-order valence-electron chi connectivity index (χ0n) is 18.7. The van der Waals surface area contributed by atoms with Crippen LogP contribution >= 0.6 is 0 Å². The third-order valence-corrected chi connectivity index (χ3v) is 5.92. The second-order valence-electron chi connectivity index (χ2n) is 7.91. The molecule has 1 aliphatic heterocycles. The van der Waals surface area contributed by atoms with Gasteiger partial charge in [-0.25, -0.2) is 4.39 Å². The van der Waals surface area contributed by atoms with Gasteiger partial charge in [0.2, 0.25) is 5.82 Å². The minimum atomic E-state index is -0.846. The lowest BCUT2D eigenvalue weighted by Gasteiger charge is -2.34. The molecule has 0 saturated carbocycles. The number of methoxy groups -OCH3 is 1. The Balaban J connectivity index is 1.35. The number of H-pyrrole nitrogens is 1. The maximum absolute atomic E-state index is 14.8. The van der Waals surface area contributed by atoms with Gasteiger partial charge in [0.25, 0.3) is 17.6 Å². The van der Waals surface area contributed by atoms with Crippen molar-refractivity contribution in [3.63, 3.8) is 0 Å². The Morgan fingerprint density at radius 1 is 1.03 bits per heavy atom. The van der Waals surface area contributed by atoms with Gasteiger partial charge in [0, 0.05) is 48.9 Å². The molecule has 5 rings (SSSR count). The zero-order valence-corrected chi connectivity index (χ0v) is 18.7. The summed E-state index contributed by atoms with van der Waals surface area (Å²) in [6.07, 6.45) is 1.23. The Kier molecular flexibility index (Phi) is 5.73. The summed E-state index contributed by atoms with van der Waals surface area (Å²) in [5, 5.41) is 3.76. The average molecular weight is 477 g/mol. The number of amides is 2. The minimum absolute atomic E-state index is 0.0393. The van der Waals surface area contributed by atoms with E-state index in [0.717, 1.165) is 0 Å². The molecular formula is C24H20FN5O5. The van der Waals surface area contributed by atoms with Gasteiger partial charge >= 0.3 is 6.08 Å². The lowest BCUT2D eigenvalue weighted by Crippen LogP contribution is -2.52. The van der Waals surface area contributed by atoms with Crippen molar-refractivity contribution in [2.75, 3.05) is 33.3 Å². The second-order valence-corrected chi connectivity index (χ2v) is 7.91. The number of benzene rings is 2. The highest BCUT2D eigenvalue weighted by Crippen LogP contribution is 2.31. The number of nitrogens with one attached hydrogen (secondary N) is 1. The van der Waals surface area contributed by atoms with E-state index in [2.05, 4.69) is 15.1 Å². The molecule has 0 unspecified atom stereocenters. The van der Waals surface area contributed by atoms with Crippen molar-refractivity contribution in [2.45, 2.75) is 0 Å². The molecule has 2 aromatic carbocycles. The first kappa shape index (κ1) is 22.3. The van der Waals surface area contributed by atoms with Crippen LogP contribution in [0.4, 0.5) is 4.39 Å². The summed E-state index contributed by atoms with van der Waals surface area (Å²) >= 11 is 0. The van der Waals surface area contributed by atoms with E-state index in [9.17, 15) is 18.8 Å². The molecule has 0 bridgehead atoms. The molecule has 0 spiro atoms. The summed E-state index contributed by atoms with van der Waals surface area (Å²) in [5.41, 5.74) is 1.10. The fourth-order valence-corrected chi connectivity index (χ4v) is 4.11. The number of carbonyl (C=O) groups is 3. The molecule has 10 nitrogen and oxygen atoms in total. The van der Waals surface area contributed by atoms with Crippen LogP contribution in [0.3, 0.4) is 0 Å². The van der Waals surface area contributed by atoms with Crippen LogP contribution in [0.2, 0.25) is 0 Å². The zero-order chi connectivity index (χ0) is 24.5. The van der Waals surface area contributed by atoms with Crippen molar-refractivity contribution in [1.82, 2.24) is 24.9 Å². The lowest BCUT2D eigenvalue weighted by atomic mass is 10.0. The number of rotatable bonds is 5. The summed E-state index contributed by atoms with van der Waals surface area (Å²) in [4.78, 5) is 48.6. The molecule has 4 aromatic rings. The Morgan fingerprint density at radius 3 is 2.43 bits per heavy atom. The van der Waals surface area contributed by atoms with Gasteiger partial charge in [-0.15, -0.1) is 0 Å². The standard InChI is InChI=1S/C24H20FN5O5/c1-34-24-27-21(28-35-24)15-7-8-17(25)18-16(13-26-19(15)18)20(31)23(33)30-11-9-29(10-12-30)22(32)14-5-3-2-4-6-14/h2-8,13,26H,9-12H2,1H3. The van der Waals surface area contributed by atoms with Gasteiger partial charge in [-0.2, -0.15) is 4.98 Å². The van der Waals surface area contributed by atoms with E-state index in [1.54, 1.807) is 29.2 Å². The van der Waals surface area contributed by atoms with Crippen molar-refractivity contribution in [3.8, 4) is 17.5 Å². The third kappa shape index (κ3) is 4.01. The Morgan fingerprint density at radius 2 is 1.74 bits per heavy atom. The second kappa shape index (κ2) is 9.01. The molecule has 2 aromatic heterocycles. The molecule has 0 radical (unpaired) electrons. The van der Waals surface area contributed by atoms with Gasteiger partial charge in [-0.05, 0) is 24.3 Å². The van der Waals surface area contributed by atoms with Crippen LogP contribution in [0.5, 0.6) is 6.08 Å². The van der Waals surface area contributed by atoms with Crippen LogP contribution in [-0.4, -0.2) is 75.8 Å². The van der Waals surface area contributed by atoms with Crippen LogP contribution < -0.4 is 4.74 Å². The first-order valence-electron chi connectivity index (χ1n) is 10.8.